The minimum atomic E-state index is -3.34. The molecule has 3 aliphatic heterocycles. The number of carbonyl (C=O) groups is 4. The SMILES string of the molecule is [2H]C1([2H])C(=O)NC(=O)C([2H])(N2Cc3c(OCc4ccc(CN5CCOCC5=O)cc4)cccc3C2=O)C1([2H])[2H]. The summed E-state index contributed by atoms with van der Waals surface area (Å²) in [5.41, 5.74) is 2.15. The van der Waals surface area contributed by atoms with Crippen molar-refractivity contribution in [1.82, 2.24) is 15.1 Å². The molecule has 2 aromatic carbocycles. The number of rotatable bonds is 6. The van der Waals surface area contributed by atoms with Gasteiger partial charge in [-0.3, -0.25) is 24.5 Å². The average Bonchev–Trinajstić information content (AvgIpc) is 3.25. The fourth-order valence-electron chi connectivity index (χ4n) is 4.02. The Labute approximate surface area is 203 Å². The molecule has 1 atom stereocenters. The standard InChI is InChI=1S/C25H25N3O6/c29-22-9-8-20(24(31)26-22)28-13-19-18(25(28)32)2-1-3-21(19)34-14-17-6-4-16(5-7-17)12-27-10-11-33-15-23(27)30/h1-7,20H,8-15H2,(H,26,29,31)/i8D2,9D2,20D. The number of carbonyl (C=O) groups excluding carboxylic acids is 4. The number of morpholine rings is 1. The number of benzene rings is 2. The molecule has 2 saturated heterocycles. The molecule has 1 N–H and O–H groups in total. The first-order valence-corrected chi connectivity index (χ1v) is 10.7. The molecule has 0 spiro atoms. The van der Waals surface area contributed by atoms with E-state index in [1.807, 2.05) is 24.3 Å². The van der Waals surface area contributed by atoms with Crippen LogP contribution in [0.5, 0.6) is 5.75 Å². The zero-order chi connectivity index (χ0) is 28.2. The number of piperidine rings is 1. The minimum Gasteiger partial charge on any atom is -0.489 e. The van der Waals surface area contributed by atoms with Crippen LogP contribution in [0.25, 0.3) is 0 Å². The normalized spacial score (nSPS) is 27.7. The maximum atomic E-state index is 13.2. The predicted molar refractivity (Wildman–Crippen MR) is 119 cm³/mol. The molecule has 3 aliphatic rings. The number of fused-ring (bicyclic) bond motifs is 1. The first-order chi connectivity index (χ1) is 18.4. The molecule has 176 valence electrons. The molecule has 9 heteroatoms. The highest BCUT2D eigenvalue weighted by atomic mass is 16.5. The summed E-state index contributed by atoms with van der Waals surface area (Å²) in [4.78, 5) is 52.2. The molecule has 34 heavy (non-hydrogen) atoms. The summed E-state index contributed by atoms with van der Waals surface area (Å²) in [7, 11) is 0. The van der Waals surface area contributed by atoms with E-state index < -0.39 is 43.0 Å². The van der Waals surface area contributed by atoms with E-state index in [1.165, 1.54) is 6.07 Å². The van der Waals surface area contributed by atoms with Gasteiger partial charge in [0.15, 0.2) is 0 Å². The van der Waals surface area contributed by atoms with E-state index in [2.05, 4.69) is 0 Å². The number of nitrogens with one attached hydrogen (secondary N) is 1. The van der Waals surface area contributed by atoms with Crippen molar-refractivity contribution in [3.05, 3.63) is 64.7 Å². The number of amides is 4. The van der Waals surface area contributed by atoms with Crippen LogP contribution < -0.4 is 10.1 Å². The molecule has 9 nitrogen and oxygen atoms in total. The van der Waals surface area contributed by atoms with Crippen molar-refractivity contribution in [2.75, 3.05) is 19.8 Å². The number of ether oxygens (including phenoxy) is 2. The fourth-order valence-corrected chi connectivity index (χ4v) is 4.02. The lowest BCUT2D eigenvalue weighted by Gasteiger charge is -2.29. The van der Waals surface area contributed by atoms with Gasteiger partial charge in [0.25, 0.3) is 5.91 Å². The Morgan fingerprint density at radius 2 is 1.91 bits per heavy atom. The Kier molecular flexibility index (Phi) is 4.58. The maximum absolute atomic E-state index is 13.2. The van der Waals surface area contributed by atoms with E-state index >= 15 is 0 Å². The molecular weight excluding hydrogens is 438 g/mol. The molecule has 2 aromatic rings. The molecule has 0 aliphatic carbocycles. The van der Waals surface area contributed by atoms with Gasteiger partial charge in [0.2, 0.25) is 17.7 Å². The van der Waals surface area contributed by atoms with Crippen molar-refractivity contribution in [3.8, 4) is 5.75 Å². The van der Waals surface area contributed by atoms with Gasteiger partial charge in [-0.1, -0.05) is 30.3 Å². The monoisotopic (exact) mass is 468 g/mol. The van der Waals surface area contributed by atoms with Gasteiger partial charge >= 0.3 is 0 Å². The van der Waals surface area contributed by atoms with Gasteiger partial charge in [-0.25, -0.2) is 0 Å². The third-order valence-corrected chi connectivity index (χ3v) is 5.81. The van der Waals surface area contributed by atoms with E-state index in [9.17, 15) is 19.2 Å². The Morgan fingerprint density at radius 3 is 2.71 bits per heavy atom. The van der Waals surface area contributed by atoms with Crippen LogP contribution in [0.2, 0.25) is 0 Å². The highest BCUT2D eigenvalue weighted by Gasteiger charge is 2.40. The first-order valence-electron chi connectivity index (χ1n) is 13.2. The maximum Gasteiger partial charge on any atom is 0.255 e. The summed E-state index contributed by atoms with van der Waals surface area (Å²) >= 11 is 0. The highest BCUT2D eigenvalue weighted by Crippen LogP contribution is 2.34. The van der Waals surface area contributed by atoms with Crippen molar-refractivity contribution >= 4 is 23.6 Å². The second-order valence-electron chi connectivity index (χ2n) is 8.03. The molecule has 0 radical (unpaired) electrons. The highest BCUT2D eigenvalue weighted by molar-refractivity contribution is 6.05. The van der Waals surface area contributed by atoms with Crippen molar-refractivity contribution in [3.63, 3.8) is 0 Å². The molecule has 0 saturated carbocycles. The Bertz CT molecular complexity index is 1370. The molecular formula is C25H25N3O6. The van der Waals surface area contributed by atoms with Crippen LogP contribution in [0.1, 0.15) is 46.6 Å². The Balaban J connectivity index is 1.32. The lowest BCUT2D eigenvalue weighted by atomic mass is 10.0. The van der Waals surface area contributed by atoms with Gasteiger partial charge in [-0.2, -0.15) is 0 Å². The van der Waals surface area contributed by atoms with Crippen molar-refractivity contribution in [2.24, 2.45) is 0 Å². The molecule has 0 bridgehead atoms. The van der Waals surface area contributed by atoms with Crippen molar-refractivity contribution in [1.29, 1.82) is 0 Å². The van der Waals surface area contributed by atoms with Crippen LogP contribution >= 0.6 is 0 Å². The average molecular weight is 469 g/mol. The quantitative estimate of drug-likeness (QED) is 0.643. The number of hydrogen-bond acceptors (Lipinski definition) is 6. The summed E-state index contributed by atoms with van der Waals surface area (Å²) in [6, 6.07) is 9.01. The summed E-state index contributed by atoms with van der Waals surface area (Å²) in [6.07, 6.45) is -6.58. The van der Waals surface area contributed by atoms with Gasteiger partial charge in [0.1, 0.15) is 25.0 Å². The van der Waals surface area contributed by atoms with E-state index in [1.54, 1.807) is 22.3 Å². The second-order valence-corrected chi connectivity index (χ2v) is 8.03. The smallest absolute Gasteiger partial charge is 0.255 e. The third-order valence-electron chi connectivity index (χ3n) is 5.81. The zero-order valence-electron chi connectivity index (χ0n) is 23.1. The van der Waals surface area contributed by atoms with Crippen LogP contribution in [-0.2, 0) is 38.8 Å². The topological polar surface area (TPSA) is 105 Å². The van der Waals surface area contributed by atoms with E-state index in [0.29, 0.717) is 30.2 Å². The van der Waals surface area contributed by atoms with Gasteiger partial charge < -0.3 is 19.3 Å². The van der Waals surface area contributed by atoms with Gasteiger partial charge in [0, 0.05) is 36.1 Å². The lowest BCUT2D eigenvalue weighted by molar-refractivity contribution is -0.143. The number of hydrogen-bond donors (Lipinski definition) is 1. The van der Waals surface area contributed by atoms with Crippen LogP contribution in [0.3, 0.4) is 0 Å². The molecule has 4 amide bonds. The van der Waals surface area contributed by atoms with Crippen LogP contribution in [0, 0.1) is 0 Å². The van der Waals surface area contributed by atoms with Crippen molar-refractivity contribution < 1.29 is 35.5 Å². The van der Waals surface area contributed by atoms with Crippen LogP contribution in [0.4, 0.5) is 0 Å². The molecule has 1 unspecified atom stereocenters. The summed E-state index contributed by atoms with van der Waals surface area (Å²) in [6.45, 7) is 1.30. The van der Waals surface area contributed by atoms with E-state index in [0.717, 1.165) is 11.1 Å². The Morgan fingerprint density at radius 1 is 1.12 bits per heavy atom. The number of imide groups is 1. The van der Waals surface area contributed by atoms with E-state index in [4.69, 9.17) is 16.3 Å². The van der Waals surface area contributed by atoms with Gasteiger partial charge in [-0.15, -0.1) is 0 Å². The van der Waals surface area contributed by atoms with E-state index in [-0.39, 0.29) is 30.4 Å². The molecule has 5 rings (SSSR count). The predicted octanol–water partition coefficient (Wildman–Crippen LogP) is 1.39. The third kappa shape index (κ3) is 4.38. The fraction of sp³-hybridized carbons (Fsp3) is 0.360. The van der Waals surface area contributed by atoms with Gasteiger partial charge in [0.05, 0.1) is 14.5 Å². The summed E-state index contributed by atoms with van der Waals surface area (Å²) in [5, 5.41) is 1.70. The minimum absolute atomic E-state index is 0.0637. The van der Waals surface area contributed by atoms with Gasteiger partial charge in [-0.05, 0) is 29.6 Å². The first kappa shape index (κ1) is 16.8. The summed E-state index contributed by atoms with van der Waals surface area (Å²) in [5.74, 6) is -3.56. The van der Waals surface area contributed by atoms with Crippen LogP contribution in [-0.4, -0.2) is 59.2 Å². The molecule has 2 fully saturated rings. The largest absolute Gasteiger partial charge is 0.489 e. The Hall–Kier alpha value is -3.72. The number of nitrogens with zero attached hydrogens (tertiary/aromatic N) is 2. The molecule has 0 aromatic heterocycles. The second kappa shape index (κ2) is 9.26. The summed E-state index contributed by atoms with van der Waals surface area (Å²) < 4.78 is 52.0. The van der Waals surface area contributed by atoms with Crippen molar-refractivity contribution in [2.45, 2.75) is 38.5 Å². The van der Waals surface area contributed by atoms with Crippen LogP contribution in [0.15, 0.2) is 42.5 Å². The lowest BCUT2D eigenvalue weighted by Crippen LogP contribution is -2.52. The zero-order valence-corrected chi connectivity index (χ0v) is 18.1. The molecule has 3 heterocycles.